The molecular formula is C11H10FN5O2. The lowest BCUT2D eigenvalue weighted by Gasteiger charge is -2.06. The molecule has 7 nitrogen and oxygen atoms in total. The molecule has 0 unspecified atom stereocenters. The van der Waals surface area contributed by atoms with E-state index in [4.69, 9.17) is 5.73 Å². The first kappa shape index (κ1) is 12.7. The largest absolute Gasteiger partial charge is 0.378 e. The van der Waals surface area contributed by atoms with Gasteiger partial charge in [-0.15, -0.1) is 0 Å². The van der Waals surface area contributed by atoms with Crippen LogP contribution in [-0.4, -0.2) is 14.9 Å². The summed E-state index contributed by atoms with van der Waals surface area (Å²) in [6.45, 7) is 0.157. The third-order valence-electron chi connectivity index (χ3n) is 2.39. The minimum absolute atomic E-state index is 0.103. The molecule has 0 aliphatic rings. The Labute approximate surface area is 107 Å². The van der Waals surface area contributed by atoms with Crippen LogP contribution in [0.2, 0.25) is 0 Å². The minimum Gasteiger partial charge on any atom is -0.378 e. The van der Waals surface area contributed by atoms with E-state index in [0.717, 1.165) is 6.20 Å². The Bertz CT molecular complexity index is 620. The number of nitrogens with one attached hydrogen (secondary N) is 1. The first-order chi connectivity index (χ1) is 9.08. The van der Waals surface area contributed by atoms with Gasteiger partial charge in [0.15, 0.2) is 0 Å². The van der Waals surface area contributed by atoms with Gasteiger partial charge in [0.2, 0.25) is 11.8 Å². The van der Waals surface area contributed by atoms with Gasteiger partial charge < -0.3 is 11.1 Å². The molecule has 0 atom stereocenters. The van der Waals surface area contributed by atoms with E-state index in [1.807, 2.05) is 0 Å². The van der Waals surface area contributed by atoms with E-state index in [1.54, 1.807) is 18.2 Å². The highest BCUT2D eigenvalue weighted by Crippen LogP contribution is 2.18. The topological polar surface area (TPSA) is 107 Å². The molecular weight excluding hydrogens is 253 g/mol. The van der Waals surface area contributed by atoms with Crippen LogP contribution in [0.15, 0.2) is 30.5 Å². The number of aromatic nitrogens is 2. The average molecular weight is 263 g/mol. The molecule has 0 radical (unpaired) electrons. The van der Waals surface area contributed by atoms with Crippen molar-refractivity contribution in [3.05, 3.63) is 52.0 Å². The van der Waals surface area contributed by atoms with E-state index in [2.05, 4.69) is 15.3 Å². The molecule has 1 heterocycles. The fourth-order valence-electron chi connectivity index (χ4n) is 1.43. The molecule has 8 heteroatoms. The van der Waals surface area contributed by atoms with Gasteiger partial charge in [0.25, 0.3) is 0 Å². The summed E-state index contributed by atoms with van der Waals surface area (Å²) in [5.74, 6) is -0.493. The molecule has 0 fully saturated rings. The summed E-state index contributed by atoms with van der Waals surface area (Å²) in [7, 11) is 0. The van der Waals surface area contributed by atoms with Crippen LogP contribution in [0.5, 0.6) is 0 Å². The van der Waals surface area contributed by atoms with Crippen molar-refractivity contribution in [2.75, 3.05) is 11.1 Å². The Morgan fingerprint density at radius 1 is 1.42 bits per heavy atom. The Hall–Kier alpha value is -2.77. The van der Waals surface area contributed by atoms with E-state index >= 15 is 0 Å². The number of nitro groups is 1. The third kappa shape index (κ3) is 2.92. The number of hydrogen-bond donors (Lipinski definition) is 2. The van der Waals surface area contributed by atoms with Crippen LogP contribution < -0.4 is 11.1 Å². The van der Waals surface area contributed by atoms with Crippen LogP contribution in [0.25, 0.3) is 0 Å². The number of nitrogen functional groups attached to an aromatic ring is 1. The van der Waals surface area contributed by atoms with Crippen molar-refractivity contribution in [3.63, 3.8) is 0 Å². The van der Waals surface area contributed by atoms with Gasteiger partial charge in [0.1, 0.15) is 12.0 Å². The number of halogens is 1. The number of rotatable bonds is 4. The third-order valence-corrected chi connectivity index (χ3v) is 2.39. The summed E-state index contributed by atoms with van der Waals surface area (Å²) in [4.78, 5) is 17.3. The van der Waals surface area contributed by atoms with Gasteiger partial charge in [-0.1, -0.05) is 18.2 Å². The quantitative estimate of drug-likeness (QED) is 0.642. The van der Waals surface area contributed by atoms with Crippen molar-refractivity contribution in [2.45, 2.75) is 6.54 Å². The molecule has 3 N–H and O–H groups in total. The zero-order chi connectivity index (χ0) is 13.8. The second kappa shape index (κ2) is 5.25. The number of anilines is 2. The summed E-state index contributed by atoms with van der Waals surface area (Å²) in [6, 6.07) is 6.23. The first-order valence-corrected chi connectivity index (χ1v) is 5.32. The Kier molecular flexibility index (Phi) is 3.51. The lowest BCUT2D eigenvalue weighted by molar-refractivity contribution is -0.384. The number of nitrogens with zero attached hydrogens (tertiary/aromatic N) is 3. The fourth-order valence-corrected chi connectivity index (χ4v) is 1.43. The molecule has 2 rings (SSSR count). The molecule has 0 saturated heterocycles. The van der Waals surface area contributed by atoms with Crippen LogP contribution in [0.1, 0.15) is 5.56 Å². The maximum Gasteiger partial charge on any atom is 0.329 e. The van der Waals surface area contributed by atoms with Crippen molar-refractivity contribution in [3.8, 4) is 0 Å². The summed E-state index contributed by atoms with van der Waals surface area (Å²) in [5, 5.41) is 13.3. The van der Waals surface area contributed by atoms with Crippen LogP contribution in [0, 0.1) is 15.9 Å². The van der Waals surface area contributed by atoms with Crippen molar-refractivity contribution < 1.29 is 9.31 Å². The van der Waals surface area contributed by atoms with Gasteiger partial charge in [-0.2, -0.15) is 4.98 Å². The summed E-state index contributed by atoms with van der Waals surface area (Å²) in [5.41, 5.74) is 5.48. The second-order valence-electron chi connectivity index (χ2n) is 3.67. The Morgan fingerprint density at radius 3 is 2.79 bits per heavy atom. The monoisotopic (exact) mass is 263 g/mol. The molecule has 0 bridgehead atoms. The van der Waals surface area contributed by atoms with Gasteiger partial charge in [0.05, 0.1) is 4.92 Å². The lowest BCUT2D eigenvalue weighted by atomic mass is 10.2. The maximum absolute atomic E-state index is 13.3. The van der Waals surface area contributed by atoms with E-state index in [1.165, 1.54) is 6.07 Å². The normalized spacial score (nSPS) is 10.2. The summed E-state index contributed by atoms with van der Waals surface area (Å²) < 4.78 is 13.3. The molecule has 1 aromatic heterocycles. The average Bonchev–Trinajstić information content (AvgIpc) is 2.37. The zero-order valence-corrected chi connectivity index (χ0v) is 9.71. The summed E-state index contributed by atoms with van der Waals surface area (Å²) >= 11 is 0. The first-order valence-electron chi connectivity index (χ1n) is 5.32. The molecule has 2 aromatic rings. The molecule has 1 aromatic carbocycles. The molecule has 0 amide bonds. The highest BCUT2D eigenvalue weighted by Gasteiger charge is 2.14. The predicted octanol–water partition coefficient (Wildman–Crippen LogP) is 1.72. The van der Waals surface area contributed by atoms with Crippen molar-refractivity contribution >= 4 is 17.5 Å². The lowest BCUT2D eigenvalue weighted by Crippen LogP contribution is -2.07. The van der Waals surface area contributed by atoms with Gasteiger partial charge in [-0.3, -0.25) is 10.1 Å². The van der Waals surface area contributed by atoms with Crippen LogP contribution >= 0.6 is 0 Å². The highest BCUT2D eigenvalue weighted by atomic mass is 19.1. The summed E-state index contributed by atoms with van der Waals surface area (Å²) in [6.07, 6.45) is 1.01. The molecule has 0 spiro atoms. The van der Waals surface area contributed by atoms with Crippen molar-refractivity contribution in [1.29, 1.82) is 0 Å². The standard InChI is InChI=1S/C11H10FN5O2/c12-8-4-2-1-3-7(8)5-14-11-15-6-9(17(18)19)10(13)16-11/h1-4,6H,5H2,(H3,13,14,15,16). The Morgan fingerprint density at radius 2 is 2.16 bits per heavy atom. The maximum atomic E-state index is 13.3. The number of nitrogens with two attached hydrogens (primary N) is 1. The van der Waals surface area contributed by atoms with E-state index < -0.39 is 4.92 Å². The highest BCUT2D eigenvalue weighted by molar-refractivity contribution is 5.53. The predicted molar refractivity (Wildman–Crippen MR) is 66.8 cm³/mol. The number of hydrogen-bond acceptors (Lipinski definition) is 6. The van der Waals surface area contributed by atoms with Crippen molar-refractivity contribution in [2.24, 2.45) is 0 Å². The van der Waals surface area contributed by atoms with Gasteiger partial charge in [-0.05, 0) is 6.07 Å². The number of benzene rings is 1. The van der Waals surface area contributed by atoms with Crippen LogP contribution in [-0.2, 0) is 6.54 Å². The fraction of sp³-hybridized carbons (Fsp3) is 0.0909. The minimum atomic E-state index is -0.671. The van der Waals surface area contributed by atoms with E-state index in [9.17, 15) is 14.5 Å². The van der Waals surface area contributed by atoms with E-state index in [-0.39, 0.29) is 29.8 Å². The molecule has 19 heavy (non-hydrogen) atoms. The van der Waals surface area contributed by atoms with Gasteiger partial charge in [-0.25, -0.2) is 9.37 Å². The van der Waals surface area contributed by atoms with Gasteiger partial charge in [0, 0.05) is 12.1 Å². The molecule has 98 valence electrons. The zero-order valence-electron chi connectivity index (χ0n) is 9.71. The smallest absolute Gasteiger partial charge is 0.329 e. The molecule has 0 aliphatic carbocycles. The SMILES string of the molecule is Nc1nc(NCc2ccccc2F)ncc1[N+](=O)[O-]. The van der Waals surface area contributed by atoms with Crippen LogP contribution in [0.4, 0.5) is 21.8 Å². The van der Waals surface area contributed by atoms with Crippen LogP contribution in [0.3, 0.4) is 0 Å². The second-order valence-corrected chi connectivity index (χ2v) is 3.67. The molecule has 0 aliphatic heterocycles. The molecule has 0 saturated carbocycles. The Balaban J connectivity index is 2.11. The van der Waals surface area contributed by atoms with E-state index in [0.29, 0.717) is 5.56 Å². The van der Waals surface area contributed by atoms with Gasteiger partial charge >= 0.3 is 5.69 Å². The van der Waals surface area contributed by atoms with Crippen molar-refractivity contribution in [1.82, 2.24) is 9.97 Å².